The maximum Gasteiger partial charge on any atom is 0.393 e. The fourth-order valence-electron chi connectivity index (χ4n) is 2.13. The molecule has 0 amide bonds. The van der Waals surface area contributed by atoms with Crippen molar-refractivity contribution in [1.82, 2.24) is 9.97 Å². The molecule has 104 valence electrons. The van der Waals surface area contributed by atoms with E-state index in [4.69, 9.17) is 5.11 Å². The molecule has 0 aliphatic carbocycles. The average molecular weight is 275 g/mol. The molecule has 1 aromatic rings. The van der Waals surface area contributed by atoms with E-state index in [1.54, 1.807) is 6.07 Å². The van der Waals surface area contributed by atoms with Gasteiger partial charge >= 0.3 is 12.1 Å². The molecule has 1 aromatic heterocycles. The topological polar surface area (TPSA) is 66.3 Å². The molecule has 2 heterocycles. The molecule has 1 saturated heterocycles. The monoisotopic (exact) mass is 275 g/mol. The van der Waals surface area contributed by atoms with Gasteiger partial charge in [0.05, 0.1) is 11.8 Å². The number of carbonyl (C=O) groups is 1. The highest BCUT2D eigenvalue weighted by atomic mass is 19.4. The van der Waals surface area contributed by atoms with E-state index in [2.05, 4.69) is 9.97 Å². The number of piperidine rings is 1. The molecule has 2 rings (SSSR count). The van der Waals surface area contributed by atoms with Gasteiger partial charge in [-0.2, -0.15) is 13.2 Å². The zero-order valence-corrected chi connectivity index (χ0v) is 9.84. The van der Waals surface area contributed by atoms with Crippen molar-refractivity contribution >= 4 is 11.9 Å². The summed E-state index contributed by atoms with van der Waals surface area (Å²) < 4.78 is 38.4. The molecule has 0 unspecified atom stereocenters. The minimum absolute atomic E-state index is 0.00801. The van der Waals surface area contributed by atoms with Crippen LogP contribution in [-0.4, -0.2) is 40.3 Å². The molecule has 0 spiro atoms. The first-order valence-electron chi connectivity index (χ1n) is 5.69. The molecular weight excluding hydrogens is 263 g/mol. The molecule has 1 aliphatic heterocycles. The van der Waals surface area contributed by atoms with Crippen molar-refractivity contribution in [2.75, 3.05) is 18.0 Å². The number of carboxylic acid groups (broad SMARTS) is 1. The molecule has 1 fully saturated rings. The first-order chi connectivity index (χ1) is 8.88. The van der Waals surface area contributed by atoms with E-state index in [0.717, 1.165) is 0 Å². The van der Waals surface area contributed by atoms with Crippen LogP contribution in [0.4, 0.5) is 19.1 Å². The van der Waals surface area contributed by atoms with Crippen LogP contribution in [0.5, 0.6) is 0 Å². The van der Waals surface area contributed by atoms with E-state index < -0.39 is 30.4 Å². The third kappa shape index (κ3) is 3.12. The van der Waals surface area contributed by atoms with Crippen molar-refractivity contribution in [1.29, 1.82) is 0 Å². The lowest BCUT2D eigenvalue weighted by molar-refractivity contribution is -0.181. The number of anilines is 1. The third-order valence-corrected chi connectivity index (χ3v) is 3.10. The van der Waals surface area contributed by atoms with Crippen LogP contribution in [0.3, 0.4) is 0 Å². The highest BCUT2D eigenvalue weighted by molar-refractivity contribution is 5.71. The number of hydrogen-bond donors (Lipinski definition) is 1. The zero-order chi connectivity index (χ0) is 14.0. The second kappa shape index (κ2) is 5.02. The lowest BCUT2D eigenvalue weighted by Crippen LogP contribution is -2.48. The van der Waals surface area contributed by atoms with Gasteiger partial charge in [0.25, 0.3) is 0 Å². The maximum absolute atomic E-state index is 12.8. The largest absolute Gasteiger partial charge is 0.481 e. The van der Waals surface area contributed by atoms with Gasteiger partial charge in [0.15, 0.2) is 0 Å². The Morgan fingerprint density at radius 3 is 2.47 bits per heavy atom. The van der Waals surface area contributed by atoms with Gasteiger partial charge in [-0.15, -0.1) is 0 Å². The van der Waals surface area contributed by atoms with Gasteiger partial charge in [-0.1, -0.05) is 0 Å². The quantitative estimate of drug-likeness (QED) is 0.887. The van der Waals surface area contributed by atoms with Crippen LogP contribution >= 0.6 is 0 Å². The standard InChI is InChI=1S/C11H12F3N3O2/c12-11(13,14)8-4-7(9(18)19)5-17(6-8)10-15-2-1-3-16-10/h1-3,7-8H,4-6H2,(H,18,19)/t7-,8-/m1/s1. The summed E-state index contributed by atoms with van der Waals surface area (Å²) >= 11 is 0. The summed E-state index contributed by atoms with van der Waals surface area (Å²) in [4.78, 5) is 20.0. The Balaban J connectivity index is 2.22. The van der Waals surface area contributed by atoms with Crippen LogP contribution in [-0.2, 0) is 4.79 Å². The second-order valence-corrected chi connectivity index (χ2v) is 4.46. The molecule has 2 atom stereocenters. The maximum atomic E-state index is 12.8. The van der Waals surface area contributed by atoms with Gasteiger partial charge in [-0.05, 0) is 12.5 Å². The summed E-state index contributed by atoms with van der Waals surface area (Å²) in [5.41, 5.74) is 0. The van der Waals surface area contributed by atoms with Crippen LogP contribution in [0, 0.1) is 11.8 Å². The van der Waals surface area contributed by atoms with E-state index in [1.807, 2.05) is 0 Å². The number of aromatic nitrogens is 2. The molecule has 0 aromatic carbocycles. The minimum atomic E-state index is -4.42. The van der Waals surface area contributed by atoms with Gasteiger partial charge < -0.3 is 10.0 Å². The summed E-state index contributed by atoms with van der Waals surface area (Å²) in [6, 6.07) is 1.55. The van der Waals surface area contributed by atoms with Crippen LogP contribution in [0.2, 0.25) is 0 Å². The molecular formula is C11H12F3N3O2. The Hall–Kier alpha value is -1.86. The average Bonchev–Trinajstić information content (AvgIpc) is 2.38. The first kappa shape index (κ1) is 13.6. The molecule has 19 heavy (non-hydrogen) atoms. The van der Waals surface area contributed by atoms with Gasteiger partial charge in [-0.25, -0.2) is 9.97 Å². The van der Waals surface area contributed by atoms with Crippen LogP contribution in [0.25, 0.3) is 0 Å². The predicted octanol–water partition coefficient (Wildman–Crippen LogP) is 1.57. The van der Waals surface area contributed by atoms with E-state index in [9.17, 15) is 18.0 Å². The summed E-state index contributed by atoms with van der Waals surface area (Å²) in [5.74, 6) is -3.84. The van der Waals surface area contributed by atoms with E-state index >= 15 is 0 Å². The van der Waals surface area contributed by atoms with Gasteiger partial charge in [-0.3, -0.25) is 4.79 Å². The molecule has 1 N–H and O–H groups in total. The summed E-state index contributed by atoms with van der Waals surface area (Å²) in [5, 5.41) is 8.95. The highest BCUT2D eigenvalue weighted by Gasteiger charge is 2.46. The second-order valence-electron chi connectivity index (χ2n) is 4.46. The SMILES string of the molecule is O=C(O)[C@@H]1C[C@@H](C(F)(F)F)CN(c2ncccn2)C1. The zero-order valence-electron chi connectivity index (χ0n) is 9.84. The van der Waals surface area contributed by atoms with Crippen LogP contribution in [0.1, 0.15) is 6.42 Å². The summed E-state index contributed by atoms with van der Waals surface area (Å²) in [6.07, 6.45) is -1.99. The van der Waals surface area contributed by atoms with Gasteiger partial charge in [0.1, 0.15) is 0 Å². The molecule has 0 bridgehead atoms. The van der Waals surface area contributed by atoms with E-state index in [0.29, 0.717) is 0 Å². The lowest BCUT2D eigenvalue weighted by Gasteiger charge is -2.36. The van der Waals surface area contributed by atoms with Gasteiger partial charge in [0, 0.05) is 25.5 Å². The molecule has 1 aliphatic rings. The number of nitrogens with zero attached hydrogens (tertiary/aromatic N) is 3. The molecule has 0 radical (unpaired) electrons. The van der Waals surface area contributed by atoms with Crippen LogP contribution in [0.15, 0.2) is 18.5 Å². The Kier molecular flexibility index (Phi) is 3.59. The molecule has 5 nitrogen and oxygen atoms in total. The van der Waals surface area contributed by atoms with Crippen molar-refractivity contribution in [3.05, 3.63) is 18.5 Å². The number of aliphatic carboxylic acids is 1. The number of halogens is 3. The first-order valence-corrected chi connectivity index (χ1v) is 5.69. The lowest BCUT2D eigenvalue weighted by atomic mass is 9.89. The number of hydrogen-bond acceptors (Lipinski definition) is 4. The fraction of sp³-hybridized carbons (Fsp3) is 0.545. The molecule has 0 saturated carbocycles. The van der Waals surface area contributed by atoms with E-state index in [-0.39, 0.29) is 19.0 Å². The Bertz CT molecular complexity index is 452. The number of rotatable bonds is 2. The van der Waals surface area contributed by atoms with Crippen LogP contribution < -0.4 is 4.90 Å². The van der Waals surface area contributed by atoms with Gasteiger partial charge in [0.2, 0.25) is 5.95 Å². The summed E-state index contributed by atoms with van der Waals surface area (Å²) in [6.45, 7) is -0.316. The number of alkyl halides is 3. The predicted molar refractivity (Wildman–Crippen MR) is 59.5 cm³/mol. The Morgan fingerprint density at radius 1 is 1.32 bits per heavy atom. The Morgan fingerprint density at radius 2 is 1.95 bits per heavy atom. The third-order valence-electron chi connectivity index (χ3n) is 3.10. The van der Waals surface area contributed by atoms with Crippen molar-refractivity contribution < 1.29 is 23.1 Å². The van der Waals surface area contributed by atoms with Crippen molar-refractivity contribution in [2.45, 2.75) is 12.6 Å². The molecule has 8 heteroatoms. The highest BCUT2D eigenvalue weighted by Crippen LogP contribution is 2.36. The minimum Gasteiger partial charge on any atom is -0.481 e. The number of carboxylic acids is 1. The van der Waals surface area contributed by atoms with Crippen molar-refractivity contribution in [2.24, 2.45) is 11.8 Å². The van der Waals surface area contributed by atoms with E-state index in [1.165, 1.54) is 17.3 Å². The smallest absolute Gasteiger partial charge is 0.393 e. The normalized spacial score (nSPS) is 24.3. The Labute approximate surface area is 107 Å². The van der Waals surface area contributed by atoms with Crippen molar-refractivity contribution in [3.63, 3.8) is 0 Å². The summed E-state index contributed by atoms with van der Waals surface area (Å²) in [7, 11) is 0. The fourth-order valence-corrected chi connectivity index (χ4v) is 2.13. The van der Waals surface area contributed by atoms with Crippen molar-refractivity contribution in [3.8, 4) is 0 Å².